The maximum Gasteiger partial charge on any atom is 0.322 e. The first-order chi connectivity index (χ1) is 17.0. The Bertz CT molecular complexity index is 1400. The first-order valence-electron chi connectivity index (χ1n) is 11.1. The number of rotatable bonds is 6. The number of amides is 2. The fourth-order valence-corrected chi connectivity index (χ4v) is 4.37. The fraction of sp³-hybridized carbons (Fsp3) is 0.148. The van der Waals surface area contributed by atoms with E-state index in [4.69, 9.17) is 20.9 Å². The largest absolute Gasteiger partial charge is 0.497 e. The number of allylic oxidation sites excluding steroid dienone is 1. The summed E-state index contributed by atoms with van der Waals surface area (Å²) >= 11 is 6.15. The summed E-state index contributed by atoms with van der Waals surface area (Å²) in [6.07, 6.45) is 0. The molecule has 2 heterocycles. The zero-order chi connectivity index (χ0) is 24.4. The van der Waals surface area contributed by atoms with E-state index < -0.39 is 6.04 Å². The van der Waals surface area contributed by atoms with Crippen molar-refractivity contribution >= 4 is 23.2 Å². The van der Waals surface area contributed by atoms with Gasteiger partial charge in [-0.3, -0.25) is 4.90 Å². The van der Waals surface area contributed by atoms with Crippen LogP contribution in [0.3, 0.4) is 0 Å². The maximum atomic E-state index is 13.3. The van der Waals surface area contributed by atoms with Gasteiger partial charge in [0.15, 0.2) is 0 Å². The molecular formula is C27H23ClN4O3. The predicted octanol–water partition coefficient (Wildman–Crippen LogP) is 6.10. The average molecular weight is 487 g/mol. The number of hydrogen-bond donors (Lipinski definition) is 1. The van der Waals surface area contributed by atoms with E-state index in [1.54, 1.807) is 24.1 Å². The van der Waals surface area contributed by atoms with Crippen molar-refractivity contribution in [3.05, 3.63) is 107 Å². The van der Waals surface area contributed by atoms with E-state index in [1.165, 1.54) is 0 Å². The molecule has 1 N–H and O–H groups in total. The van der Waals surface area contributed by atoms with E-state index in [0.29, 0.717) is 23.3 Å². The Hall–Kier alpha value is -4.10. The summed E-state index contributed by atoms with van der Waals surface area (Å²) in [6, 6.07) is 24.0. The second-order valence-corrected chi connectivity index (χ2v) is 8.60. The van der Waals surface area contributed by atoms with Gasteiger partial charge in [0.1, 0.15) is 5.75 Å². The quantitative estimate of drug-likeness (QED) is 0.356. The first kappa shape index (κ1) is 22.7. The standard InChI is InChI=1S/C27H23ClN4O3/c1-17-23(26-30-25(31-35-26)20-11-7-12-21(28)15-20)24(19-9-4-3-5-10-19)29-27(33)32(17)16-18-8-6-13-22(14-18)34-2/h3-15,24H,16H2,1-2H3,(H,29,33). The summed E-state index contributed by atoms with van der Waals surface area (Å²) in [5, 5.41) is 7.89. The van der Waals surface area contributed by atoms with Gasteiger partial charge >= 0.3 is 6.03 Å². The molecule has 0 saturated carbocycles. The number of carbonyl (C=O) groups excluding carboxylic acids is 1. The summed E-state index contributed by atoms with van der Waals surface area (Å²) < 4.78 is 11.1. The van der Waals surface area contributed by atoms with E-state index in [-0.39, 0.29) is 6.03 Å². The molecule has 1 unspecified atom stereocenters. The molecule has 5 rings (SSSR count). The third-order valence-corrected chi connectivity index (χ3v) is 6.18. The highest BCUT2D eigenvalue weighted by molar-refractivity contribution is 6.30. The van der Waals surface area contributed by atoms with Crippen molar-refractivity contribution < 1.29 is 14.1 Å². The molecular weight excluding hydrogens is 464 g/mol. The zero-order valence-corrected chi connectivity index (χ0v) is 20.0. The lowest BCUT2D eigenvalue weighted by Gasteiger charge is -2.35. The van der Waals surface area contributed by atoms with Crippen LogP contribution in [0.1, 0.15) is 30.0 Å². The van der Waals surface area contributed by atoms with Crippen molar-refractivity contribution in [1.29, 1.82) is 0 Å². The van der Waals surface area contributed by atoms with Gasteiger partial charge in [-0.25, -0.2) is 4.79 Å². The zero-order valence-electron chi connectivity index (χ0n) is 19.2. The molecule has 0 aliphatic carbocycles. The summed E-state index contributed by atoms with van der Waals surface area (Å²) in [5.41, 5.74) is 4.06. The molecule has 0 saturated heterocycles. The highest BCUT2D eigenvalue weighted by Crippen LogP contribution is 2.38. The number of methoxy groups -OCH3 is 1. The number of hydrogen-bond acceptors (Lipinski definition) is 5. The van der Waals surface area contributed by atoms with Crippen LogP contribution in [0.15, 0.2) is 89.1 Å². The Labute approximate surface area is 208 Å². The fourth-order valence-electron chi connectivity index (χ4n) is 4.18. The summed E-state index contributed by atoms with van der Waals surface area (Å²) in [6.45, 7) is 2.25. The van der Waals surface area contributed by atoms with Gasteiger partial charge in [-0.2, -0.15) is 4.98 Å². The van der Waals surface area contributed by atoms with E-state index in [9.17, 15) is 4.79 Å². The molecule has 0 radical (unpaired) electrons. The number of halogens is 1. The highest BCUT2D eigenvalue weighted by Gasteiger charge is 2.35. The van der Waals surface area contributed by atoms with Crippen molar-refractivity contribution in [2.24, 2.45) is 0 Å². The monoisotopic (exact) mass is 486 g/mol. The molecule has 8 heteroatoms. The Kier molecular flexibility index (Phi) is 6.25. The van der Waals surface area contributed by atoms with Gasteiger partial charge in [-0.05, 0) is 42.3 Å². The molecule has 2 amide bonds. The van der Waals surface area contributed by atoms with Crippen LogP contribution in [0.5, 0.6) is 5.75 Å². The van der Waals surface area contributed by atoms with Crippen LogP contribution < -0.4 is 10.1 Å². The molecule has 1 aliphatic heterocycles. The van der Waals surface area contributed by atoms with E-state index in [0.717, 1.165) is 33.7 Å². The lowest BCUT2D eigenvalue weighted by molar-refractivity contribution is 0.203. The third-order valence-electron chi connectivity index (χ3n) is 5.94. The Balaban J connectivity index is 1.58. The van der Waals surface area contributed by atoms with Crippen molar-refractivity contribution in [1.82, 2.24) is 20.4 Å². The number of nitrogens with zero attached hydrogens (tertiary/aromatic N) is 3. The summed E-state index contributed by atoms with van der Waals surface area (Å²) in [5.74, 6) is 1.49. The Morgan fingerprint density at radius 3 is 2.63 bits per heavy atom. The number of nitrogens with one attached hydrogen (secondary N) is 1. The molecule has 3 aromatic carbocycles. The molecule has 0 bridgehead atoms. The molecule has 0 fully saturated rings. The minimum Gasteiger partial charge on any atom is -0.497 e. The summed E-state index contributed by atoms with van der Waals surface area (Å²) in [7, 11) is 1.62. The smallest absolute Gasteiger partial charge is 0.322 e. The Morgan fingerprint density at radius 2 is 1.86 bits per heavy atom. The van der Waals surface area contributed by atoms with Crippen LogP contribution in [0.25, 0.3) is 17.0 Å². The molecule has 7 nitrogen and oxygen atoms in total. The van der Waals surface area contributed by atoms with E-state index in [2.05, 4.69) is 15.5 Å². The van der Waals surface area contributed by atoms with Gasteiger partial charge in [-0.1, -0.05) is 71.4 Å². The molecule has 176 valence electrons. The normalized spacial score (nSPS) is 15.8. The van der Waals surface area contributed by atoms with Crippen molar-refractivity contribution in [3.63, 3.8) is 0 Å². The third kappa shape index (κ3) is 4.63. The lowest BCUT2D eigenvalue weighted by Crippen LogP contribution is -2.45. The highest BCUT2D eigenvalue weighted by atomic mass is 35.5. The minimum atomic E-state index is -0.446. The van der Waals surface area contributed by atoms with Gasteiger partial charge in [-0.15, -0.1) is 0 Å². The second-order valence-electron chi connectivity index (χ2n) is 8.16. The number of aromatic nitrogens is 2. The van der Waals surface area contributed by atoms with Crippen LogP contribution in [0.4, 0.5) is 4.79 Å². The average Bonchev–Trinajstić information content (AvgIpc) is 3.37. The van der Waals surface area contributed by atoms with Gasteiger partial charge in [0, 0.05) is 16.3 Å². The SMILES string of the molecule is COc1cccc(CN2C(=O)NC(c3ccccc3)C(c3nc(-c4cccc(Cl)c4)no3)=C2C)c1. The van der Waals surface area contributed by atoms with Crippen LogP contribution >= 0.6 is 11.6 Å². The topological polar surface area (TPSA) is 80.5 Å². The molecule has 1 aliphatic rings. The molecule has 0 spiro atoms. The Morgan fingerprint density at radius 1 is 1.06 bits per heavy atom. The molecule has 4 aromatic rings. The van der Waals surface area contributed by atoms with E-state index in [1.807, 2.05) is 73.7 Å². The predicted molar refractivity (Wildman–Crippen MR) is 134 cm³/mol. The van der Waals surface area contributed by atoms with Gasteiger partial charge < -0.3 is 14.6 Å². The number of benzene rings is 3. The first-order valence-corrected chi connectivity index (χ1v) is 11.5. The number of urea groups is 1. The van der Waals surface area contributed by atoms with Crippen molar-refractivity contribution in [2.75, 3.05) is 7.11 Å². The molecule has 1 atom stereocenters. The maximum absolute atomic E-state index is 13.3. The molecule has 1 aromatic heterocycles. The van der Waals surface area contributed by atoms with Crippen LogP contribution in [-0.2, 0) is 6.54 Å². The van der Waals surface area contributed by atoms with Gasteiger partial charge in [0.2, 0.25) is 5.82 Å². The number of carbonyl (C=O) groups is 1. The van der Waals surface area contributed by atoms with Gasteiger partial charge in [0.05, 0.1) is 25.3 Å². The van der Waals surface area contributed by atoms with E-state index >= 15 is 0 Å². The lowest BCUT2D eigenvalue weighted by atomic mass is 9.94. The van der Waals surface area contributed by atoms with Crippen LogP contribution in [0.2, 0.25) is 5.02 Å². The van der Waals surface area contributed by atoms with Gasteiger partial charge in [0.25, 0.3) is 5.89 Å². The van der Waals surface area contributed by atoms with Crippen LogP contribution in [-0.4, -0.2) is 28.2 Å². The number of ether oxygens (including phenoxy) is 1. The van der Waals surface area contributed by atoms with Crippen LogP contribution in [0, 0.1) is 0 Å². The van der Waals surface area contributed by atoms with Crippen molar-refractivity contribution in [2.45, 2.75) is 19.5 Å². The molecule has 35 heavy (non-hydrogen) atoms. The second kappa shape index (κ2) is 9.64. The summed E-state index contributed by atoms with van der Waals surface area (Å²) in [4.78, 5) is 19.6. The van der Waals surface area contributed by atoms with Crippen molar-refractivity contribution in [3.8, 4) is 17.1 Å². The minimum absolute atomic E-state index is 0.211.